The molecule has 0 atom stereocenters. The maximum absolute atomic E-state index is 11.4. The van der Waals surface area contributed by atoms with Gasteiger partial charge in [-0.05, 0) is 43.0 Å². The van der Waals surface area contributed by atoms with Crippen molar-refractivity contribution in [3.05, 3.63) is 65.7 Å². The zero-order valence-electron chi connectivity index (χ0n) is 17.4. The molecule has 7 nitrogen and oxygen atoms in total. The van der Waals surface area contributed by atoms with E-state index in [4.69, 9.17) is 5.14 Å². The van der Waals surface area contributed by atoms with E-state index in [1.165, 1.54) is 17.7 Å². The van der Waals surface area contributed by atoms with Crippen LogP contribution in [0.1, 0.15) is 30.9 Å². The quantitative estimate of drug-likeness (QED) is 0.462. The van der Waals surface area contributed by atoms with Crippen molar-refractivity contribution in [1.82, 2.24) is 15.5 Å². The molecule has 0 spiro atoms. The Balaban J connectivity index is 1.51. The standard InChI is InChI=1S/C22H31N5O2S/c1-2-24-22(25-16-18-8-10-21(11-9-18)30(23,28)29)26-20-12-14-27(15-13-20)17-19-6-4-3-5-7-19/h3-11,20H,2,12-17H2,1H3,(H2,23,28,29)(H2,24,25,26). The Morgan fingerprint density at radius 2 is 1.73 bits per heavy atom. The molecule has 1 heterocycles. The summed E-state index contributed by atoms with van der Waals surface area (Å²) in [6.45, 7) is 6.40. The van der Waals surface area contributed by atoms with Crippen molar-refractivity contribution in [2.24, 2.45) is 10.1 Å². The molecule has 1 aliphatic rings. The van der Waals surface area contributed by atoms with Gasteiger partial charge in [0, 0.05) is 32.2 Å². The van der Waals surface area contributed by atoms with Gasteiger partial charge in [0.2, 0.25) is 10.0 Å². The Kier molecular flexibility index (Phi) is 7.84. The molecule has 0 aromatic heterocycles. The van der Waals surface area contributed by atoms with Gasteiger partial charge in [-0.2, -0.15) is 0 Å². The molecule has 0 saturated carbocycles. The average molecular weight is 430 g/mol. The molecule has 0 aliphatic carbocycles. The molecule has 2 aromatic carbocycles. The highest BCUT2D eigenvalue weighted by Crippen LogP contribution is 2.14. The van der Waals surface area contributed by atoms with Crippen LogP contribution in [0.15, 0.2) is 64.5 Å². The van der Waals surface area contributed by atoms with E-state index in [1.54, 1.807) is 12.1 Å². The van der Waals surface area contributed by atoms with Crippen molar-refractivity contribution in [3.8, 4) is 0 Å². The predicted molar refractivity (Wildman–Crippen MR) is 121 cm³/mol. The zero-order valence-corrected chi connectivity index (χ0v) is 18.2. The third-order valence-corrected chi connectivity index (χ3v) is 6.12. The van der Waals surface area contributed by atoms with Crippen molar-refractivity contribution in [2.75, 3.05) is 19.6 Å². The molecule has 2 aromatic rings. The third-order valence-electron chi connectivity index (χ3n) is 5.19. The highest BCUT2D eigenvalue weighted by atomic mass is 32.2. The van der Waals surface area contributed by atoms with E-state index < -0.39 is 10.0 Å². The number of primary sulfonamides is 1. The number of likely N-dealkylation sites (tertiary alicyclic amines) is 1. The van der Waals surface area contributed by atoms with Gasteiger partial charge >= 0.3 is 0 Å². The van der Waals surface area contributed by atoms with Crippen LogP contribution in [0, 0.1) is 0 Å². The van der Waals surface area contributed by atoms with Gasteiger partial charge in [0.25, 0.3) is 0 Å². The van der Waals surface area contributed by atoms with Crippen molar-refractivity contribution in [1.29, 1.82) is 0 Å². The van der Waals surface area contributed by atoms with Gasteiger partial charge in [0.1, 0.15) is 0 Å². The first-order valence-electron chi connectivity index (χ1n) is 10.4. The maximum atomic E-state index is 11.4. The molecular formula is C22H31N5O2S. The second-order valence-electron chi connectivity index (χ2n) is 7.56. The number of aliphatic imine (C=N–C) groups is 1. The fraction of sp³-hybridized carbons (Fsp3) is 0.409. The van der Waals surface area contributed by atoms with E-state index in [2.05, 4.69) is 50.9 Å². The Labute approximate surface area is 179 Å². The largest absolute Gasteiger partial charge is 0.357 e. The number of nitrogens with one attached hydrogen (secondary N) is 2. The van der Waals surface area contributed by atoms with E-state index in [9.17, 15) is 8.42 Å². The van der Waals surface area contributed by atoms with Crippen LogP contribution in [-0.2, 0) is 23.1 Å². The summed E-state index contributed by atoms with van der Waals surface area (Å²) in [5.74, 6) is 0.787. The summed E-state index contributed by atoms with van der Waals surface area (Å²) in [5.41, 5.74) is 2.28. The minimum absolute atomic E-state index is 0.113. The normalized spacial score (nSPS) is 16.4. The molecule has 0 radical (unpaired) electrons. The molecule has 1 aliphatic heterocycles. The molecule has 4 N–H and O–H groups in total. The van der Waals surface area contributed by atoms with Crippen LogP contribution in [0.5, 0.6) is 0 Å². The lowest BCUT2D eigenvalue weighted by atomic mass is 10.0. The molecule has 3 rings (SSSR count). The number of sulfonamides is 1. The van der Waals surface area contributed by atoms with Gasteiger partial charge in [-0.25, -0.2) is 18.5 Å². The van der Waals surface area contributed by atoms with Gasteiger partial charge in [-0.1, -0.05) is 42.5 Å². The van der Waals surface area contributed by atoms with Crippen LogP contribution in [0.3, 0.4) is 0 Å². The fourth-order valence-corrected chi connectivity index (χ4v) is 4.06. The van der Waals surface area contributed by atoms with Gasteiger partial charge in [0.05, 0.1) is 11.4 Å². The lowest BCUT2D eigenvalue weighted by Gasteiger charge is -2.33. The average Bonchev–Trinajstić information content (AvgIpc) is 2.74. The highest BCUT2D eigenvalue weighted by Gasteiger charge is 2.20. The molecule has 1 saturated heterocycles. The molecular weight excluding hydrogens is 398 g/mol. The summed E-state index contributed by atoms with van der Waals surface area (Å²) >= 11 is 0. The number of nitrogens with two attached hydrogens (primary N) is 1. The Hall–Kier alpha value is -2.42. The molecule has 30 heavy (non-hydrogen) atoms. The molecule has 162 valence electrons. The van der Waals surface area contributed by atoms with Crippen molar-refractivity contribution in [3.63, 3.8) is 0 Å². The molecule has 0 unspecified atom stereocenters. The minimum atomic E-state index is -3.67. The number of guanidine groups is 1. The lowest BCUT2D eigenvalue weighted by molar-refractivity contribution is 0.198. The van der Waals surface area contributed by atoms with E-state index >= 15 is 0 Å². The van der Waals surface area contributed by atoms with Crippen molar-refractivity contribution < 1.29 is 8.42 Å². The topological polar surface area (TPSA) is 99.8 Å². The Morgan fingerprint density at radius 1 is 1.07 bits per heavy atom. The van der Waals surface area contributed by atoms with Crippen LogP contribution < -0.4 is 15.8 Å². The van der Waals surface area contributed by atoms with Crippen LogP contribution in [0.4, 0.5) is 0 Å². The fourth-order valence-electron chi connectivity index (χ4n) is 3.55. The second-order valence-corrected chi connectivity index (χ2v) is 9.13. The number of rotatable bonds is 7. The molecule has 8 heteroatoms. The minimum Gasteiger partial charge on any atom is -0.357 e. The number of hydrogen-bond acceptors (Lipinski definition) is 4. The van der Waals surface area contributed by atoms with Crippen LogP contribution in [0.2, 0.25) is 0 Å². The van der Waals surface area contributed by atoms with Crippen molar-refractivity contribution in [2.45, 2.75) is 43.8 Å². The number of nitrogens with zero attached hydrogens (tertiary/aromatic N) is 2. The van der Waals surface area contributed by atoms with Gasteiger partial charge in [-0.15, -0.1) is 0 Å². The summed E-state index contributed by atoms with van der Waals surface area (Å²) in [6.07, 6.45) is 2.14. The van der Waals surface area contributed by atoms with Crippen LogP contribution >= 0.6 is 0 Å². The van der Waals surface area contributed by atoms with E-state index in [0.29, 0.717) is 12.6 Å². The lowest BCUT2D eigenvalue weighted by Crippen LogP contribution is -2.48. The first-order chi connectivity index (χ1) is 14.4. The molecule has 0 bridgehead atoms. The van der Waals surface area contributed by atoms with Crippen LogP contribution in [0.25, 0.3) is 0 Å². The highest BCUT2D eigenvalue weighted by molar-refractivity contribution is 7.89. The Morgan fingerprint density at radius 3 is 2.33 bits per heavy atom. The Bertz CT molecular complexity index is 922. The molecule has 0 amide bonds. The zero-order chi connectivity index (χ0) is 21.4. The summed E-state index contributed by atoms with van der Waals surface area (Å²) in [7, 11) is -3.67. The number of hydrogen-bond donors (Lipinski definition) is 3. The number of benzene rings is 2. The van der Waals surface area contributed by atoms with Gasteiger partial charge in [0.15, 0.2) is 5.96 Å². The maximum Gasteiger partial charge on any atom is 0.238 e. The van der Waals surface area contributed by atoms with Crippen molar-refractivity contribution >= 4 is 16.0 Å². The first kappa shape index (κ1) is 22.3. The van der Waals surface area contributed by atoms with E-state index in [-0.39, 0.29) is 4.90 Å². The first-order valence-corrected chi connectivity index (χ1v) is 11.9. The second kappa shape index (κ2) is 10.6. The predicted octanol–water partition coefficient (Wildman–Crippen LogP) is 2.05. The monoisotopic (exact) mass is 429 g/mol. The summed E-state index contributed by atoms with van der Waals surface area (Å²) in [5, 5.41) is 12.0. The SMILES string of the molecule is CCNC(=NCc1ccc(S(N)(=O)=O)cc1)NC1CCN(Cc2ccccc2)CC1. The summed E-state index contributed by atoms with van der Waals surface area (Å²) in [6, 6.07) is 17.5. The molecule has 1 fully saturated rings. The third kappa shape index (κ3) is 6.83. The smallest absolute Gasteiger partial charge is 0.238 e. The summed E-state index contributed by atoms with van der Waals surface area (Å²) < 4.78 is 22.7. The van der Waals surface area contributed by atoms with E-state index in [0.717, 1.165) is 50.5 Å². The number of piperidine rings is 1. The van der Waals surface area contributed by atoms with Gasteiger partial charge in [-0.3, -0.25) is 4.90 Å². The summed E-state index contributed by atoms with van der Waals surface area (Å²) in [4.78, 5) is 7.26. The van der Waals surface area contributed by atoms with E-state index in [1.807, 2.05) is 6.92 Å². The van der Waals surface area contributed by atoms with Gasteiger partial charge < -0.3 is 10.6 Å². The van der Waals surface area contributed by atoms with Crippen LogP contribution in [-0.4, -0.2) is 45.0 Å².